The van der Waals surface area contributed by atoms with Crippen molar-refractivity contribution in [2.45, 2.75) is 38.4 Å². The number of halogens is 3. The van der Waals surface area contributed by atoms with Crippen molar-refractivity contribution in [1.82, 2.24) is 9.36 Å². The van der Waals surface area contributed by atoms with E-state index in [0.29, 0.717) is 24.4 Å². The van der Waals surface area contributed by atoms with E-state index in [1.54, 1.807) is 0 Å². The van der Waals surface area contributed by atoms with Crippen LogP contribution in [0.1, 0.15) is 32.5 Å². The van der Waals surface area contributed by atoms with E-state index in [9.17, 15) is 13.2 Å². The third-order valence-electron chi connectivity index (χ3n) is 2.53. The van der Waals surface area contributed by atoms with Crippen molar-refractivity contribution >= 4 is 16.7 Å². The molecule has 0 aliphatic heterocycles. The minimum atomic E-state index is -4.52. The lowest BCUT2D eigenvalue weighted by Crippen LogP contribution is -2.35. The summed E-state index contributed by atoms with van der Waals surface area (Å²) in [5.41, 5.74) is -0.475. The van der Waals surface area contributed by atoms with Crippen LogP contribution in [0.3, 0.4) is 0 Å². The summed E-state index contributed by atoms with van der Waals surface area (Å²) in [6.07, 6.45) is -3.42. The maximum absolute atomic E-state index is 12.3. The monoisotopic (exact) mass is 269 g/mol. The summed E-state index contributed by atoms with van der Waals surface area (Å²) in [6.45, 7) is 3.66. The molecule has 0 aromatic carbocycles. The van der Waals surface area contributed by atoms with E-state index in [4.69, 9.17) is 5.11 Å². The van der Waals surface area contributed by atoms with Gasteiger partial charge in [0.05, 0.1) is 0 Å². The van der Waals surface area contributed by atoms with Crippen molar-refractivity contribution in [3.8, 4) is 0 Å². The Morgan fingerprint density at radius 3 is 2.47 bits per heavy atom. The molecule has 0 aliphatic rings. The summed E-state index contributed by atoms with van der Waals surface area (Å²) in [4.78, 5) is 3.39. The van der Waals surface area contributed by atoms with Crippen LogP contribution >= 0.6 is 11.5 Å². The Morgan fingerprint density at radius 2 is 2.06 bits per heavy atom. The zero-order chi connectivity index (χ0) is 13.1. The first kappa shape index (κ1) is 14.2. The molecule has 1 aromatic rings. The molecule has 1 heterocycles. The van der Waals surface area contributed by atoms with Gasteiger partial charge in [-0.05, 0) is 19.8 Å². The number of aromatic nitrogens is 2. The number of anilines is 1. The fourth-order valence-corrected chi connectivity index (χ4v) is 1.96. The zero-order valence-electron chi connectivity index (χ0n) is 9.51. The van der Waals surface area contributed by atoms with E-state index < -0.39 is 17.5 Å². The van der Waals surface area contributed by atoms with Crippen molar-refractivity contribution in [3.05, 3.63) is 5.82 Å². The lowest BCUT2D eigenvalue weighted by Gasteiger charge is -2.28. The summed E-state index contributed by atoms with van der Waals surface area (Å²) in [6, 6.07) is 0. The van der Waals surface area contributed by atoms with Gasteiger partial charge in [0.15, 0.2) is 0 Å². The molecule has 8 heteroatoms. The molecule has 0 saturated carbocycles. The molecule has 0 saturated heterocycles. The lowest BCUT2D eigenvalue weighted by molar-refractivity contribution is -0.144. The third kappa shape index (κ3) is 3.81. The number of aliphatic hydroxyl groups is 1. The maximum Gasteiger partial charge on any atom is 0.452 e. The van der Waals surface area contributed by atoms with Crippen LogP contribution < -0.4 is 5.32 Å². The van der Waals surface area contributed by atoms with E-state index in [2.05, 4.69) is 14.7 Å². The van der Waals surface area contributed by atoms with Gasteiger partial charge in [-0.3, -0.25) is 0 Å². The van der Waals surface area contributed by atoms with Crippen molar-refractivity contribution in [1.29, 1.82) is 0 Å². The summed E-state index contributed by atoms with van der Waals surface area (Å²) < 4.78 is 40.1. The van der Waals surface area contributed by atoms with Crippen molar-refractivity contribution < 1.29 is 18.3 Å². The molecule has 2 N–H and O–H groups in total. The predicted molar refractivity (Wildman–Crippen MR) is 58.9 cm³/mol. The fourth-order valence-electron chi connectivity index (χ4n) is 1.22. The number of alkyl halides is 3. The van der Waals surface area contributed by atoms with E-state index in [1.807, 2.05) is 13.8 Å². The fraction of sp³-hybridized carbons (Fsp3) is 0.778. The molecule has 1 unspecified atom stereocenters. The normalized spacial score (nSPS) is 15.6. The van der Waals surface area contributed by atoms with Crippen LogP contribution in [-0.2, 0) is 6.18 Å². The average molecular weight is 269 g/mol. The summed E-state index contributed by atoms with van der Waals surface area (Å²) in [7, 11) is 0. The SMILES string of the molecule is CCC(C)(CCO)Nc1nc(C(F)(F)F)ns1. The topological polar surface area (TPSA) is 58.0 Å². The highest BCUT2D eigenvalue weighted by molar-refractivity contribution is 7.09. The first-order valence-electron chi connectivity index (χ1n) is 5.10. The molecule has 0 aliphatic carbocycles. The number of hydrogen-bond donors (Lipinski definition) is 2. The van der Waals surface area contributed by atoms with E-state index in [1.165, 1.54) is 0 Å². The second-order valence-electron chi connectivity index (χ2n) is 3.93. The third-order valence-corrected chi connectivity index (χ3v) is 3.16. The van der Waals surface area contributed by atoms with Gasteiger partial charge in [0, 0.05) is 23.7 Å². The van der Waals surface area contributed by atoms with Crippen LogP contribution in [0, 0.1) is 0 Å². The number of nitrogens with zero attached hydrogens (tertiary/aromatic N) is 2. The molecular formula is C9H14F3N3OS. The Labute approximate surface area is 101 Å². The van der Waals surface area contributed by atoms with Gasteiger partial charge in [0.1, 0.15) is 0 Å². The van der Waals surface area contributed by atoms with Crippen molar-refractivity contribution in [2.24, 2.45) is 0 Å². The largest absolute Gasteiger partial charge is 0.452 e. The molecule has 4 nitrogen and oxygen atoms in total. The lowest BCUT2D eigenvalue weighted by atomic mass is 9.95. The minimum Gasteiger partial charge on any atom is -0.396 e. The molecule has 98 valence electrons. The molecule has 1 atom stereocenters. The van der Waals surface area contributed by atoms with Gasteiger partial charge < -0.3 is 10.4 Å². The van der Waals surface area contributed by atoms with E-state index >= 15 is 0 Å². The molecule has 0 amide bonds. The Bertz CT molecular complexity index is 369. The van der Waals surface area contributed by atoms with Crippen LogP contribution in [0.5, 0.6) is 0 Å². The van der Waals surface area contributed by atoms with Crippen LogP contribution in [0.15, 0.2) is 0 Å². The standard InChI is InChI=1S/C9H14F3N3OS/c1-3-8(2,4-5-16)14-7-13-6(15-17-7)9(10,11)12/h16H,3-5H2,1-2H3,(H,13,14,15). The quantitative estimate of drug-likeness (QED) is 0.862. The van der Waals surface area contributed by atoms with Crippen LogP contribution in [0.4, 0.5) is 18.3 Å². The minimum absolute atomic E-state index is 0.0394. The molecule has 17 heavy (non-hydrogen) atoms. The number of aliphatic hydroxyl groups excluding tert-OH is 1. The first-order valence-corrected chi connectivity index (χ1v) is 5.88. The maximum atomic E-state index is 12.3. The molecule has 0 fully saturated rings. The van der Waals surface area contributed by atoms with Crippen LogP contribution in [0.2, 0.25) is 0 Å². The van der Waals surface area contributed by atoms with Gasteiger partial charge in [-0.25, -0.2) is 0 Å². The Balaban J connectivity index is 2.78. The predicted octanol–water partition coefficient (Wildman–Crippen LogP) is 2.52. The van der Waals surface area contributed by atoms with Gasteiger partial charge in [0.2, 0.25) is 11.0 Å². The number of nitrogens with one attached hydrogen (secondary N) is 1. The molecule has 0 spiro atoms. The van der Waals surface area contributed by atoms with Crippen molar-refractivity contribution in [3.63, 3.8) is 0 Å². The Morgan fingerprint density at radius 1 is 1.41 bits per heavy atom. The zero-order valence-corrected chi connectivity index (χ0v) is 10.3. The highest BCUT2D eigenvalue weighted by atomic mass is 32.1. The highest BCUT2D eigenvalue weighted by Crippen LogP contribution is 2.30. The van der Waals surface area contributed by atoms with Crippen LogP contribution in [0.25, 0.3) is 0 Å². The second-order valence-corrected chi connectivity index (χ2v) is 4.69. The Kier molecular flexibility index (Phi) is 4.31. The number of hydrogen-bond acceptors (Lipinski definition) is 5. The molecule has 0 radical (unpaired) electrons. The summed E-state index contributed by atoms with van der Waals surface area (Å²) >= 11 is 0.671. The molecule has 1 rings (SSSR count). The summed E-state index contributed by atoms with van der Waals surface area (Å²) in [5, 5.41) is 11.9. The summed E-state index contributed by atoms with van der Waals surface area (Å²) in [5.74, 6) is -1.13. The first-order chi connectivity index (χ1) is 7.80. The molecule has 0 bridgehead atoms. The number of rotatable bonds is 5. The van der Waals surface area contributed by atoms with Gasteiger partial charge >= 0.3 is 6.18 Å². The average Bonchev–Trinajstić information content (AvgIpc) is 2.66. The van der Waals surface area contributed by atoms with Gasteiger partial charge in [-0.2, -0.15) is 22.5 Å². The Hall–Kier alpha value is -0.890. The van der Waals surface area contributed by atoms with Crippen LogP contribution in [-0.4, -0.2) is 26.6 Å². The van der Waals surface area contributed by atoms with Gasteiger partial charge in [-0.15, -0.1) is 0 Å². The second kappa shape index (κ2) is 5.18. The van der Waals surface area contributed by atoms with E-state index in [0.717, 1.165) is 0 Å². The van der Waals surface area contributed by atoms with Crippen molar-refractivity contribution in [2.75, 3.05) is 11.9 Å². The smallest absolute Gasteiger partial charge is 0.396 e. The van der Waals surface area contributed by atoms with Gasteiger partial charge in [0.25, 0.3) is 0 Å². The molecular weight excluding hydrogens is 255 g/mol. The highest BCUT2D eigenvalue weighted by Gasteiger charge is 2.36. The van der Waals surface area contributed by atoms with E-state index in [-0.39, 0.29) is 11.7 Å². The van der Waals surface area contributed by atoms with Gasteiger partial charge in [-0.1, -0.05) is 6.92 Å². The molecule has 1 aromatic heterocycles.